The lowest BCUT2D eigenvalue weighted by atomic mass is 10.1. The van der Waals surface area contributed by atoms with Gasteiger partial charge in [-0.25, -0.2) is 4.39 Å². The molecule has 1 amide bonds. The highest BCUT2D eigenvalue weighted by Crippen LogP contribution is 2.33. The zero-order valence-corrected chi connectivity index (χ0v) is 22.3. The zero-order chi connectivity index (χ0) is 26.5. The van der Waals surface area contributed by atoms with Gasteiger partial charge < -0.3 is 19.1 Å². The van der Waals surface area contributed by atoms with E-state index in [2.05, 4.69) is 15.9 Å². The maximum absolute atomic E-state index is 13.6. The number of nitrogens with zero attached hydrogens (tertiary/aromatic N) is 2. The number of rotatable bonds is 8. The summed E-state index contributed by atoms with van der Waals surface area (Å²) in [5.41, 5.74) is 1.90. The van der Waals surface area contributed by atoms with Crippen LogP contribution in [0.2, 0.25) is 0 Å². The molecule has 37 heavy (non-hydrogen) atoms. The van der Waals surface area contributed by atoms with Crippen molar-refractivity contribution < 1.29 is 28.2 Å². The quantitative estimate of drug-likeness (QED) is 0.201. The molecule has 3 aromatic rings. The molecule has 0 spiro atoms. The van der Waals surface area contributed by atoms with E-state index in [1.807, 2.05) is 0 Å². The molecule has 1 heterocycles. The molecule has 190 valence electrons. The molecule has 0 radical (unpaired) electrons. The van der Waals surface area contributed by atoms with Gasteiger partial charge in [0, 0.05) is 10.0 Å². The van der Waals surface area contributed by atoms with Gasteiger partial charge >= 0.3 is 5.97 Å². The molecular weight excluding hydrogens is 563 g/mol. The normalized spacial score (nSPS) is 14.3. The molecule has 0 unspecified atom stereocenters. The molecule has 1 saturated heterocycles. The number of thiocarbonyl (C=S) groups is 1. The predicted octanol–water partition coefficient (Wildman–Crippen LogP) is 5.32. The van der Waals surface area contributed by atoms with Crippen molar-refractivity contribution in [1.29, 1.82) is 0 Å². The Labute approximate surface area is 227 Å². The minimum absolute atomic E-state index is 0.117. The SMILES string of the molecule is COC(=O)CN1C(=S)N(c2ccc(OC)cc2)C(=O)/C1=C/c1cc(Br)ccc1OCc1cccc(F)c1. The molecule has 1 aliphatic rings. The highest BCUT2D eigenvalue weighted by Gasteiger charge is 2.40. The summed E-state index contributed by atoms with van der Waals surface area (Å²) in [6.07, 6.45) is 1.60. The molecular formula is C27H22BrFN2O5S. The van der Waals surface area contributed by atoms with Crippen molar-refractivity contribution in [2.24, 2.45) is 0 Å². The van der Waals surface area contributed by atoms with E-state index in [9.17, 15) is 14.0 Å². The third-order valence-corrected chi connectivity index (χ3v) is 6.42. The van der Waals surface area contributed by atoms with E-state index in [1.165, 1.54) is 29.0 Å². The monoisotopic (exact) mass is 584 g/mol. The maximum atomic E-state index is 13.6. The van der Waals surface area contributed by atoms with Crippen molar-refractivity contribution >= 4 is 56.9 Å². The van der Waals surface area contributed by atoms with E-state index >= 15 is 0 Å². The van der Waals surface area contributed by atoms with Crippen molar-refractivity contribution in [3.63, 3.8) is 0 Å². The second kappa shape index (κ2) is 11.5. The highest BCUT2D eigenvalue weighted by molar-refractivity contribution is 9.10. The lowest BCUT2D eigenvalue weighted by Crippen LogP contribution is -2.35. The number of esters is 1. The van der Waals surface area contributed by atoms with Crippen molar-refractivity contribution in [3.8, 4) is 11.5 Å². The number of carbonyl (C=O) groups excluding carboxylic acids is 2. The number of hydrogen-bond donors (Lipinski definition) is 0. The summed E-state index contributed by atoms with van der Waals surface area (Å²) >= 11 is 9.05. The van der Waals surface area contributed by atoms with E-state index in [4.69, 9.17) is 26.4 Å². The third kappa shape index (κ3) is 5.98. The van der Waals surface area contributed by atoms with Gasteiger partial charge in [0.05, 0.1) is 19.9 Å². The number of amides is 1. The summed E-state index contributed by atoms with van der Waals surface area (Å²) in [5.74, 6) is -0.261. The Hall–Kier alpha value is -3.76. The van der Waals surface area contributed by atoms with Crippen LogP contribution in [0.5, 0.6) is 11.5 Å². The van der Waals surface area contributed by atoms with Gasteiger partial charge in [0.1, 0.15) is 36.2 Å². The van der Waals surface area contributed by atoms with Crippen molar-refractivity contribution in [2.45, 2.75) is 6.61 Å². The van der Waals surface area contributed by atoms with Gasteiger partial charge in [0.25, 0.3) is 5.91 Å². The molecule has 10 heteroatoms. The smallest absolute Gasteiger partial charge is 0.325 e. The minimum Gasteiger partial charge on any atom is -0.497 e. The summed E-state index contributed by atoms with van der Waals surface area (Å²) in [6.45, 7) is -0.140. The zero-order valence-electron chi connectivity index (χ0n) is 19.9. The minimum atomic E-state index is -0.561. The summed E-state index contributed by atoms with van der Waals surface area (Å²) in [7, 11) is 2.81. The fourth-order valence-electron chi connectivity index (χ4n) is 3.68. The largest absolute Gasteiger partial charge is 0.497 e. The molecule has 0 aromatic heterocycles. The van der Waals surface area contributed by atoms with Gasteiger partial charge in [-0.3, -0.25) is 14.5 Å². The Bertz CT molecular complexity index is 1380. The molecule has 3 aromatic carbocycles. The van der Waals surface area contributed by atoms with Crippen molar-refractivity contribution in [2.75, 3.05) is 25.7 Å². The summed E-state index contributed by atoms with van der Waals surface area (Å²) in [4.78, 5) is 28.6. The third-order valence-electron chi connectivity index (χ3n) is 5.53. The first-order valence-corrected chi connectivity index (χ1v) is 12.3. The Morgan fingerprint density at radius 2 is 1.84 bits per heavy atom. The Balaban J connectivity index is 1.72. The molecule has 4 rings (SSSR count). The Morgan fingerprint density at radius 1 is 1.08 bits per heavy atom. The van der Waals surface area contributed by atoms with Crippen LogP contribution in [0, 0.1) is 5.82 Å². The van der Waals surface area contributed by atoms with E-state index in [0.717, 1.165) is 4.47 Å². The first kappa shape index (κ1) is 26.3. The Kier molecular flexibility index (Phi) is 8.20. The summed E-state index contributed by atoms with van der Waals surface area (Å²) < 4.78 is 30.3. The van der Waals surface area contributed by atoms with Crippen LogP contribution in [0.1, 0.15) is 11.1 Å². The first-order chi connectivity index (χ1) is 17.8. The molecule has 0 saturated carbocycles. The predicted molar refractivity (Wildman–Crippen MR) is 145 cm³/mol. The second-order valence-corrected chi connectivity index (χ2v) is 9.19. The van der Waals surface area contributed by atoms with Gasteiger partial charge in [-0.15, -0.1) is 0 Å². The fraction of sp³-hybridized carbons (Fsp3) is 0.148. The number of benzene rings is 3. The standard InChI is InChI=1S/C27H22BrFN2O5S/c1-34-22-9-7-21(8-10-22)31-26(33)23(30(27(31)37)15-25(32)35-2)14-18-13-19(28)6-11-24(18)36-16-17-4-3-5-20(29)12-17/h3-14H,15-16H2,1-2H3/b23-14-. The number of methoxy groups -OCH3 is 2. The van der Waals surface area contributed by atoms with Crippen molar-refractivity contribution in [3.05, 3.63) is 93.8 Å². The average molecular weight is 585 g/mol. The van der Waals surface area contributed by atoms with E-state index in [-0.39, 0.29) is 29.8 Å². The van der Waals surface area contributed by atoms with E-state index in [0.29, 0.717) is 28.3 Å². The van der Waals surface area contributed by atoms with E-state index in [1.54, 1.807) is 67.8 Å². The van der Waals surface area contributed by atoms with Gasteiger partial charge in [0.2, 0.25) is 0 Å². The molecule has 0 bridgehead atoms. The fourth-order valence-corrected chi connectivity index (χ4v) is 4.41. The molecule has 1 fully saturated rings. The van der Waals surface area contributed by atoms with Gasteiger partial charge in [-0.1, -0.05) is 28.1 Å². The van der Waals surface area contributed by atoms with Crippen molar-refractivity contribution in [1.82, 2.24) is 4.90 Å². The number of anilines is 1. The number of ether oxygens (including phenoxy) is 3. The van der Waals surface area contributed by atoms with Gasteiger partial charge in [0.15, 0.2) is 5.11 Å². The lowest BCUT2D eigenvalue weighted by Gasteiger charge is -2.19. The number of halogens is 2. The first-order valence-electron chi connectivity index (χ1n) is 11.1. The van der Waals surface area contributed by atoms with Crippen LogP contribution in [-0.4, -0.2) is 42.7 Å². The second-order valence-electron chi connectivity index (χ2n) is 7.91. The van der Waals surface area contributed by atoms with Crippen LogP contribution in [0.25, 0.3) is 6.08 Å². The average Bonchev–Trinajstić information content (AvgIpc) is 3.12. The molecule has 0 aliphatic carbocycles. The topological polar surface area (TPSA) is 68.3 Å². The van der Waals surface area contributed by atoms with Gasteiger partial charge in [-0.05, 0) is 78.5 Å². The van der Waals surface area contributed by atoms with Crippen LogP contribution >= 0.6 is 28.1 Å². The highest BCUT2D eigenvalue weighted by atomic mass is 79.9. The van der Waals surface area contributed by atoms with Crippen LogP contribution in [0.4, 0.5) is 10.1 Å². The van der Waals surface area contributed by atoms with Crippen LogP contribution in [-0.2, 0) is 20.9 Å². The van der Waals surface area contributed by atoms with Crippen LogP contribution in [0.3, 0.4) is 0 Å². The summed E-state index contributed by atoms with van der Waals surface area (Å²) in [5, 5.41) is 0.129. The summed E-state index contributed by atoms with van der Waals surface area (Å²) in [6, 6.07) is 18.2. The Morgan fingerprint density at radius 3 is 2.51 bits per heavy atom. The van der Waals surface area contributed by atoms with Gasteiger partial charge in [-0.2, -0.15) is 0 Å². The maximum Gasteiger partial charge on any atom is 0.325 e. The molecule has 0 N–H and O–H groups in total. The lowest BCUT2D eigenvalue weighted by molar-refractivity contribution is -0.140. The van der Waals surface area contributed by atoms with E-state index < -0.39 is 11.9 Å². The van der Waals surface area contributed by atoms with Crippen LogP contribution < -0.4 is 14.4 Å². The van der Waals surface area contributed by atoms with Crippen LogP contribution in [0.15, 0.2) is 76.9 Å². The molecule has 0 atom stereocenters. The number of hydrogen-bond acceptors (Lipinski definition) is 6. The number of carbonyl (C=O) groups is 2. The molecule has 7 nitrogen and oxygen atoms in total. The molecule has 1 aliphatic heterocycles.